The quantitative estimate of drug-likeness (QED) is 0.829. The van der Waals surface area contributed by atoms with E-state index in [2.05, 4.69) is 42.5 Å². The van der Waals surface area contributed by atoms with E-state index in [4.69, 9.17) is 0 Å². The fraction of sp³-hybridized carbons (Fsp3) is 0.500. The molecular weight excluding hydrogens is 372 g/mol. The molecule has 3 nitrogen and oxygen atoms in total. The lowest BCUT2D eigenvalue weighted by atomic mass is 9.96. The second kappa shape index (κ2) is 7.41. The van der Waals surface area contributed by atoms with Crippen LogP contribution in [0.4, 0.5) is 0 Å². The molecule has 1 saturated heterocycles. The Morgan fingerprint density at radius 1 is 1.32 bits per heavy atom. The molecule has 19 heavy (non-hydrogen) atoms. The number of benzene rings is 1. The number of hydrogen-bond acceptors (Lipinski definition) is 2. The molecule has 0 bridgehead atoms. The van der Waals surface area contributed by atoms with Crippen molar-refractivity contribution in [1.82, 2.24) is 10.6 Å². The monoisotopic (exact) mass is 388 g/mol. The van der Waals surface area contributed by atoms with E-state index in [1.54, 1.807) is 0 Å². The van der Waals surface area contributed by atoms with Gasteiger partial charge in [-0.1, -0.05) is 31.9 Å². The number of amides is 1. The molecule has 1 unspecified atom stereocenters. The number of carbonyl (C=O) groups excluding carboxylic acids is 1. The van der Waals surface area contributed by atoms with Gasteiger partial charge in [0.1, 0.15) is 0 Å². The van der Waals surface area contributed by atoms with Gasteiger partial charge in [-0.15, -0.1) is 0 Å². The van der Waals surface area contributed by atoms with E-state index in [1.165, 1.54) is 12.8 Å². The Bertz CT molecular complexity index is 425. The minimum Gasteiger partial charge on any atom is -0.352 e. The summed E-state index contributed by atoms with van der Waals surface area (Å²) in [6, 6.07) is 5.59. The summed E-state index contributed by atoms with van der Waals surface area (Å²) in [5.41, 5.74) is 0.683. The summed E-state index contributed by atoms with van der Waals surface area (Å²) < 4.78 is 1.81. The van der Waals surface area contributed by atoms with E-state index in [9.17, 15) is 4.79 Å². The summed E-state index contributed by atoms with van der Waals surface area (Å²) in [7, 11) is 0. The molecule has 0 radical (unpaired) electrons. The van der Waals surface area contributed by atoms with E-state index in [0.29, 0.717) is 11.5 Å². The zero-order valence-corrected chi connectivity index (χ0v) is 13.9. The van der Waals surface area contributed by atoms with Gasteiger partial charge in [0.05, 0.1) is 0 Å². The molecule has 1 aromatic carbocycles. The summed E-state index contributed by atoms with van der Waals surface area (Å²) in [5.74, 6) is 0.689. The molecule has 1 heterocycles. The molecule has 0 saturated carbocycles. The summed E-state index contributed by atoms with van der Waals surface area (Å²) in [4.78, 5) is 12.0. The third-order valence-electron chi connectivity index (χ3n) is 3.36. The summed E-state index contributed by atoms with van der Waals surface area (Å²) in [6.45, 7) is 2.96. The van der Waals surface area contributed by atoms with Crippen LogP contribution in [0, 0.1) is 5.92 Å². The molecule has 0 spiro atoms. The molecule has 1 aliphatic heterocycles. The zero-order chi connectivity index (χ0) is 13.7. The van der Waals surface area contributed by atoms with Gasteiger partial charge in [0.15, 0.2) is 0 Å². The second-order valence-electron chi connectivity index (χ2n) is 4.92. The average Bonchev–Trinajstić information content (AvgIpc) is 2.38. The van der Waals surface area contributed by atoms with Crippen LogP contribution in [0.2, 0.25) is 0 Å². The van der Waals surface area contributed by atoms with E-state index in [0.717, 1.165) is 35.0 Å². The largest absolute Gasteiger partial charge is 0.352 e. The molecule has 1 amide bonds. The van der Waals surface area contributed by atoms with E-state index < -0.39 is 0 Å². The van der Waals surface area contributed by atoms with Crippen LogP contribution in [0.15, 0.2) is 27.1 Å². The first kappa shape index (κ1) is 15.0. The van der Waals surface area contributed by atoms with Gasteiger partial charge < -0.3 is 10.6 Å². The van der Waals surface area contributed by atoms with Crippen molar-refractivity contribution in [1.29, 1.82) is 0 Å². The molecule has 1 aliphatic rings. The summed E-state index contributed by atoms with van der Waals surface area (Å²) >= 11 is 6.79. The van der Waals surface area contributed by atoms with Crippen LogP contribution in [0.3, 0.4) is 0 Å². The number of hydrogen-bond donors (Lipinski definition) is 2. The van der Waals surface area contributed by atoms with Gasteiger partial charge >= 0.3 is 0 Å². The molecule has 5 heteroatoms. The van der Waals surface area contributed by atoms with Gasteiger partial charge in [0.25, 0.3) is 5.91 Å². The van der Waals surface area contributed by atoms with Gasteiger partial charge in [-0.2, -0.15) is 0 Å². The molecular formula is C14H18Br2N2O. The standard InChI is InChI=1S/C14H18Br2N2O/c15-12-6-11(7-13(16)8-12)14(19)18-5-3-10-2-1-4-17-9-10/h6-8,10,17H,1-5,9H2,(H,18,19). The topological polar surface area (TPSA) is 41.1 Å². The van der Waals surface area contributed by atoms with Crippen molar-refractivity contribution in [3.63, 3.8) is 0 Å². The smallest absolute Gasteiger partial charge is 0.251 e. The lowest BCUT2D eigenvalue weighted by Gasteiger charge is -2.22. The predicted molar refractivity (Wildman–Crippen MR) is 84.4 cm³/mol. The van der Waals surface area contributed by atoms with Gasteiger partial charge in [-0.3, -0.25) is 4.79 Å². The van der Waals surface area contributed by atoms with E-state index in [1.807, 2.05) is 18.2 Å². The third-order valence-corrected chi connectivity index (χ3v) is 4.28. The number of nitrogens with one attached hydrogen (secondary N) is 2. The minimum absolute atomic E-state index is 0.00855. The maximum Gasteiger partial charge on any atom is 0.251 e. The highest BCUT2D eigenvalue weighted by Crippen LogP contribution is 2.20. The van der Waals surface area contributed by atoms with Crippen LogP contribution < -0.4 is 10.6 Å². The van der Waals surface area contributed by atoms with Crippen molar-refractivity contribution in [3.05, 3.63) is 32.7 Å². The van der Waals surface area contributed by atoms with Crippen molar-refractivity contribution in [2.75, 3.05) is 19.6 Å². The molecule has 2 rings (SSSR count). The Kier molecular flexibility index (Phi) is 5.85. The maximum absolute atomic E-state index is 12.0. The van der Waals surface area contributed by atoms with E-state index >= 15 is 0 Å². The maximum atomic E-state index is 12.0. The third kappa shape index (κ3) is 4.89. The van der Waals surface area contributed by atoms with Crippen molar-refractivity contribution < 1.29 is 4.79 Å². The van der Waals surface area contributed by atoms with Crippen molar-refractivity contribution in [3.8, 4) is 0 Å². The molecule has 2 N–H and O–H groups in total. The Balaban J connectivity index is 1.80. The Morgan fingerprint density at radius 3 is 2.68 bits per heavy atom. The van der Waals surface area contributed by atoms with Crippen LogP contribution in [-0.4, -0.2) is 25.5 Å². The van der Waals surface area contributed by atoms with Crippen molar-refractivity contribution >= 4 is 37.8 Å². The first-order valence-corrected chi connectivity index (χ1v) is 8.19. The first-order chi connectivity index (χ1) is 9.15. The molecule has 0 aliphatic carbocycles. The van der Waals surface area contributed by atoms with Crippen LogP contribution in [0.25, 0.3) is 0 Å². The number of halogens is 2. The highest BCUT2D eigenvalue weighted by Gasteiger charge is 2.13. The highest BCUT2D eigenvalue weighted by molar-refractivity contribution is 9.11. The fourth-order valence-corrected chi connectivity index (χ4v) is 3.64. The molecule has 1 atom stereocenters. The summed E-state index contributed by atoms with van der Waals surface area (Å²) in [5, 5.41) is 6.39. The first-order valence-electron chi connectivity index (χ1n) is 6.60. The SMILES string of the molecule is O=C(NCCC1CCCNC1)c1cc(Br)cc(Br)c1. The lowest BCUT2D eigenvalue weighted by molar-refractivity contribution is 0.0950. The molecule has 1 fully saturated rings. The molecule has 1 aromatic rings. The number of carbonyl (C=O) groups is 1. The summed E-state index contributed by atoms with van der Waals surface area (Å²) in [6.07, 6.45) is 3.57. The van der Waals surface area contributed by atoms with Gasteiger partial charge in [-0.05, 0) is 56.5 Å². The van der Waals surface area contributed by atoms with Gasteiger partial charge in [0.2, 0.25) is 0 Å². The Labute approximate surface area is 130 Å². The fourth-order valence-electron chi connectivity index (χ4n) is 2.35. The van der Waals surface area contributed by atoms with Crippen LogP contribution in [0.1, 0.15) is 29.6 Å². The molecule has 104 valence electrons. The lowest BCUT2D eigenvalue weighted by Crippen LogP contribution is -2.33. The predicted octanol–water partition coefficient (Wildman–Crippen LogP) is 3.33. The van der Waals surface area contributed by atoms with Crippen molar-refractivity contribution in [2.45, 2.75) is 19.3 Å². The minimum atomic E-state index is -0.00855. The highest BCUT2D eigenvalue weighted by atomic mass is 79.9. The number of piperidine rings is 1. The van der Waals surface area contributed by atoms with Crippen LogP contribution in [-0.2, 0) is 0 Å². The number of rotatable bonds is 4. The van der Waals surface area contributed by atoms with Crippen molar-refractivity contribution in [2.24, 2.45) is 5.92 Å². The van der Waals surface area contributed by atoms with Gasteiger partial charge in [-0.25, -0.2) is 0 Å². The second-order valence-corrected chi connectivity index (χ2v) is 6.75. The Morgan fingerprint density at radius 2 is 2.05 bits per heavy atom. The van der Waals surface area contributed by atoms with Crippen LogP contribution in [0.5, 0.6) is 0 Å². The average molecular weight is 390 g/mol. The molecule has 0 aromatic heterocycles. The Hall–Kier alpha value is -0.390. The van der Waals surface area contributed by atoms with Crippen LogP contribution >= 0.6 is 31.9 Å². The normalized spacial score (nSPS) is 19.2. The zero-order valence-electron chi connectivity index (χ0n) is 10.7. The van der Waals surface area contributed by atoms with Gasteiger partial charge in [0, 0.05) is 21.1 Å². The van der Waals surface area contributed by atoms with E-state index in [-0.39, 0.29) is 5.91 Å².